The number of carbonyl (C=O) groups excluding carboxylic acids is 2. The van der Waals surface area contributed by atoms with E-state index < -0.39 is 22.4 Å². The van der Waals surface area contributed by atoms with Crippen LogP contribution in [-0.4, -0.2) is 65.7 Å². The van der Waals surface area contributed by atoms with Gasteiger partial charge in [0.1, 0.15) is 5.56 Å². The second kappa shape index (κ2) is 9.21. The zero-order valence-corrected chi connectivity index (χ0v) is 19.2. The lowest BCUT2D eigenvalue weighted by Gasteiger charge is -2.29. The molecule has 1 atom stereocenters. The molecule has 31 heavy (non-hydrogen) atoms. The van der Waals surface area contributed by atoms with Crippen molar-refractivity contribution < 1.29 is 22.7 Å². The number of hydrogen-bond donors (Lipinski definition) is 0. The van der Waals surface area contributed by atoms with Crippen LogP contribution in [0.25, 0.3) is 5.69 Å². The van der Waals surface area contributed by atoms with Crippen molar-refractivity contribution in [3.63, 3.8) is 0 Å². The summed E-state index contributed by atoms with van der Waals surface area (Å²) in [5.74, 6) is -0.793. The van der Waals surface area contributed by atoms with E-state index in [1.807, 2.05) is 44.2 Å². The number of carbonyl (C=O) groups is 2. The summed E-state index contributed by atoms with van der Waals surface area (Å²) >= 11 is 0. The highest BCUT2D eigenvalue weighted by atomic mass is 32.2. The molecule has 0 aliphatic carbocycles. The average molecular weight is 448 g/mol. The molecule has 3 rings (SSSR count). The van der Waals surface area contributed by atoms with Crippen LogP contribution in [0.15, 0.2) is 30.3 Å². The van der Waals surface area contributed by atoms with Gasteiger partial charge in [-0.3, -0.25) is 4.79 Å². The van der Waals surface area contributed by atoms with E-state index in [0.717, 1.165) is 5.69 Å². The smallest absolute Gasteiger partial charge is 0.342 e. The van der Waals surface area contributed by atoms with Crippen LogP contribution in [0, 0.1) is 19.8 Å². The van der Waals surface area contributed by atoms with Gasteiger partial charge in [0.15, 0.2) is 16.4 Å². The molecule has 1 saturated heterocycles. The molecule has 0 bridgehead atoms. The van der Waals surface area contributed by atoms with Crippen molar-refractivity contribution >= 4 is 21.7 Å². The fourth-order valence-corrected chi connectivity index (χ4v) is 5.64. The molecule has 9 heteroatoms. The fourth-order valence-electron chi connectivity index (χ4n) is 3.91. The molecule has 1 aliphatic heterocycles. The number of rotatable bonds is 7. The van der Waals surface area contributed by atoms with Gasteiger partial charge in [-0.25, -0.2) is 17.9 Å². The first-order valence-electron chi connectivity index (χ1n) is 10.4. The third-order valence-electron chi connectivity index (χ3n) is 5.35. The number of esters is 1. The molecule has 1 unspecified atom stereocenters. The highest BCUT2D eigenvalue weighted by molar-refractivity contribution is 7.91. The number of para-hydroxylation sites is 1. The van der Waals surface area contributed by atoms with Crippen LogP contribution in [0.1, 0.15) is 42.0 Å². The number of benzene rings is 1. The Balaban J connectivity index is 1.72. The second-order valence-electron chi connectivity index (χ2n) is 8.37. The Hall–Kier alpha value is -2.68. The van der Waals surface area contributed by atoms with Crippen LogP contribution in [-0.2, 0) is 19.4 Å². The van der Waals surface area contributed by atoms with Gasteiger partial charge in [-0.1, -0.05) is 32.0 Å². The maximum atomic E-state index is 12.8. The van der Waals surface area contributed by atoms with E-state index >= 15 is 0 Å². The van der Waals surface area contributed by atoms with E-state index in [1.165, 1.54) is 0 Å². The average Bonchev–Trinajstić information content (AvgIpc) is 3.22. The Morgan fingerprint density at radius 3 is 2.48 bits per heavy atom. The summed E-state index contributed by atoms with van der Waals surface area (Å²) in [6.45, 7) is 7.40. The first kappa shape index (κ1) is 23.0. The fraction of sp³-hybridized carbons (Fsp3) is 0.500. The predicted molar refractivity (Wildman–Crippen MR) is 117 cm³/mol. The molecule has 2 aromatic rings. The van der Waals surface area contributed by atoms with Crippen LogP contribution in [0.3, 0.4) is 0 Å². The number of ether oxygens (including phenoxy) is 1. The molecular weight excluding hydrogens is 418 g/mol. The Labute approximate surface area is 183 Å². The normalized spacial score (nSPS) is 17.6. The summed E-state index contributed by atoms with van der Waals surface area (Å²) < 4.78 is 30.7. The zero-order valence-electron chi connectivity index (χ0n) is 18.4. The SMILES string of the molecule is Cc1nn(-c2ccccc2)c(C)c1C(=O)OCC(=O)N(CC(C)C)C1CCS(=O)(=O)C1. The predicted octanol–water partition coefficient (Wildman–Crippen LogP) is 2.32. The Morgan fingerprint density at radius 2 is 1.90 bits per heavy atom. The third-order valence-corrected chi connectivity index (χ3v) is 7.10. The number of sulfone groups is 1. The van der Waals surface area contributed by atoms with Gasteiger partial charge in [0, 0.05) is 12.6 Å². The highest BCUT2D eigenvalue weighted by Crippen LogP contribution is 2.21. The van der Waals surface area contributed by atoms with Crippen molar-refractivity contribution in [3.8, 4) is 5.69 Å². The largest absolute Gasteiger partial charge is 0.452 e. The number of nitrogens with zero attached hydrogens (tertiary/aromatic N) is 3. The summed E-state index contributed by atoms with van der Waals surface area (Å²) in [5.41, 5.74) is 2.29. The molecule has 0 saturated carbocycles. The van der Waals surface area contributed by atoms with Gasteiger partial charge in [0.05, 0.1) is 28.6 Å². The summed E-state index contributed by atoms with van der Waals surface area (Å²) in [6.07, 6.45) is 0.413. The standard InChI is InChI=1S/C22H29N3O5S/c1-15(2)12-24(19-10-11-31(28,29)14-19)20(26)13-30-22(27)21-16(3)23-25(17(21)4)18-8-6-5-7-9-18/h5-9,15,19H,10-14H2,1-4H3. The van der Waals surface area contributed by atoms with Crippen LogP contribution >= 0.6 is 0 Å². The van der Waals surface area contributed by atoms with E-state index in [1.54, 1.807) is 23.4 Å². The lowest BCUT2D eigenvalue weighted by Crippen LogP contribution is -2.45. The Bertz CT molecular complexity index is 1060. The van der Waals surface area contributed by atoms with Crippen LogP contribution in [0.4, 0.5) is 0 Å². The zero-order chi connectivity index (χ0) is 22.8. The van der Waals surface area contributed by atoms with Crippen LogP contribution in [0.5, 0.6) is 0 Å². The van der Waals surface area contributed by atoms with E-state index in [0.29, 0.717) is 29.9 Å². The van der Waals surface area contributed by atoms with Crippen molar-refractivity contribution in [2.45, 2.75) is 40.2 Å². The van der Waals surface area contributed by atoms with Gasteiger partial charge in [0.25, 0.3) is 5.91 Å². The minimum atomic E-state index is -3.13. The van der Waals surface area contributed by atoms with Crippen molar-refractivity contribution in [1.29, 1.82) is 0 Å². The molecular formula is C22H29N3O5S. The third kappa shape index (κ3) is 5.33. The molecule has 1 amide bonds. The number of hydrogen-bond acceptors (Lipinski definition) is 6. The minimum absolute atomic E-state index is 0.0402. The molecule has 168 valence electrons. The monoisotopic (exact) mass is 447 g/mol. The number of amides is 1. The van der Waals surface area contributed by atoms with Crippen molar-refractivity contribution in [2.24, 2.45) is 5.92 Å². The second-order valence-corrected chi connectivity index (χ2v) is 10.6. The molecule has 1 fully saturated rings. The van der Waals surface area contributed by atoms with Crippen LogP contribution in [0.2, 0.25) is 0 Å². The first-order chi connectivity index (χ1) is 14.6. The summed E-state index contributed by atoms with van der Waals surface area (Å²) in [7, 11) is -3.13. The molecule has 8 nitrogen and oxygen atoms in total. The van der Waals surface area contributed by atoms with Crippen molar-refractivity contribution in [1.82, 2.24) is 14.7 Å². The number of aryl methyl sites for hydroxylation is 1. The quantitative estimate of drug-likeness (QED) is 0.604. The molecule has 1 aliphatic rings. The lowest BCUT2D eigenvalue weighted by atomic mass is 10.1. The van der Waals surface area contributed by atoms with E-state index in [2.05, 4.69) is 5.10 Å². The molecule has 1 aromatic carbocycles. The maximum absolute atomic E-state index is 12.8. The highest BCUT2D eigenvalue weighted by Gasteiger charge is 2.35. The number of aromatic nitrogens is 2. The van der Waals surface area contributed by atoms with E-state index in [9.17, 15) is 18.0 Å². The topological polar surface area (TPSA) is 98.6 Å². The summed E-state index contributed by atoms with van der Waals surface area (Å²) in [6, 6.07) is 9.07. The maximum Gasteiger partial charge on any atom is 0.342 e. The Morgan fingerprint density at radius 1 is 1.23 bits per heavy atom. The van der Waals surface area contributed by atoms with Gasteiger partial charge >= 0.3 is 5.97 Å². The Kier molecular flexibility index (Phi) is 6.83. The molecule has 1 aromatic heterocycles. The minimum Gasteiger partial charge on any atom is -0.452 e. The van der Waals surface area contributed by atoms with Crippen molar-refractivity contribution in [3.05, 3.63) is 47.3 Å². The van der Waals surface area contributed by atoms with Gasteiger partial charge in [-0.2, -0.15) is 5.10 Å². The summed E-state index contributed by atoms with van der Waals surface area (Å²) in [4.78, 5) is 27.2. The molecule has 0 radical (unpaired) electrons. The lowest BCUT2D eigenvalue weighted by molar-refractivity contribution is -0.137. The van der Waals surface area contributed by atoms with Gasteiger partial charge in [0.2, 0.25) is 0 Å². The molecule has 0 spiro atoms. The first-order valence-corrected chi connectivity index (χ1v) is 12.2. The van der Waals surface area contributed by atoms with Gasteiger partial charge in [-0.15, -0.1) is 0 Å². The molecule has 0 N–H and O–H groups in total. The van der Waals surface area contributed by atoms with Gasteiger partial charge < -0.3 is 9.64 Å². The van der Waals surface area contributed by atoms with E-state index in [-0.39, 0.29) is 29.4 Å². The molecule has 2 heterocycles. The van der Waals surface area contributed by atoms with E-state index in [4.69, 9.17) is 4.74 Å². The van der Waals surface area contributed by atoms with Crippen molar-refractivity contribution in [2.75, 3.05) is 24.7 Å². The summed E-state index contributed by atoms with van der Waals surface area (Å²) in [5, 5.41) is 4.44. The van der Waals surface area contributed by atoms with Gasteiger partial charge in [-0.05, 0) is 38.3 Å². The van der Waals surface area contributed by atoms with Crippen LogP contribution < -0.4 is 0 Å².